The molecule has 0 radical (unpaired) electrons. The minimum Gasteiger partial charge on any atom is -0.469 e. The first kappa shape index (κ1) is 13.1. The van der Waals surface area contributed by atoms with Crippen LogP contribution in [0.25, 0.3) is 0 Å². The maximum atomic E-state index is 12.5. The third kappa shape index (κ3) is 3.00. The molecule has 0 aromatic carbocycles. The molecule has 0 unspecified atom stereocenters. The van der Waals surface area contributed by atoms with Gasteiger partial charge in [0, 0.05) is 11.1 Å². The molecule has 0 amide bonds. The summed E-state index contributed by atoms with van der Waals surface area (Å²) >= 11 is 1.61. The average molecular weight is 343 g/mol. The van der Waals surface area contributed by atoms with Crippen molar-refractivity contribution in [2.75, 3.05) is 7.11 Å². The first-order chi connectivity index (χ1) is 7.45. The molecule has 0 aliphatic carbocycles. The Balaban J connectivity index is 3.15. The van der Waals surface area contributed by atoms with Crippen LogP contribution in [0.2, 0.25) is 0 Å². The van der Waals surface area contributed by atoms with Crippen LogP contribution in [-0.2, 0) is 16.0 Å². The molecule has 0 saturated heterocycles. The minimum absolute atomic E-state index is 0.0254. The number of esters is 1. The molecule has 4 nitrogen and oxygen atoms in total. The van der Waals surface area contributed by atoms with Gasteiger partial charge in [-0.1, -0.05) is 0 Å². The number of H-pyrrole nitrogens is 1. The van der Waals surface area contributed by atoms with Crippen LogP contribution < -0.4 is 5.56 Å². The number of carbonyl (C=O) groups excluding carboxylic acids is 1. The fraction of sp³-hybridized carbons (Fsp3) is 0.333. The van der Waals surface area contributed by atoms with Gasteiger partial charge in [0.05, 0.1) is 17.2 Å². The Kier molecular flexibility index (Phi) is 4.39. The van der Waals surface area contributed by atoms with Crippen LogP contribution in [0, 0.1) is 3.70 Å². The number of aromatic amines is 1. The highest BCUT2D eigenvalue weighted by Crippen LogP contribution is 2.22. The fourth-order valence-corrected chi connectivity index (χ4v) is 1.72. The average Bonchev–Trinajstić information content (AvgIpc) is 2.21. The molecule has 0 atom stereocenters. The number of alkyl halides is 2. The van der Waals surface area contributed by atoms with E-state index in [0.29, 0.717) is 0 Å². The Morgan fingerprint density at radius 1 is 1.62 bits per heavy atom. The molecule has 0 bridgehead atoms. The Morgan fingerprint density at radius 2 is 2.25 bits per heavy atom. The number of rotatable bonds is 3. The lowest BCUT2D eigenvalue weighted by molar-refractivity contribution is -0.139. The number of halogens is 3. The Morgan fingerprint density at radius 3 is 2.75 bits per heavy atom. The zero-order valence-electron chi connectivity index (χ0n) is 8.22. The number of hydrogen-bond donors (Lipinski definition) is 1. The molecule has 1 aromatic heterocycles. The van der Waals surface area contributed by atoms with Crippen LogP contribution in [0.15, 0.2) is 10.9 Å². The number of methoxy groups -OCH3 is 1. The van der Waals surface area contributed by atoms with Gasteiger partial charge in [-0.2, -0.15) is 0 Å². The summed E-state index contributed by atoms with van der Waals surface area (Å²) in [5, 5.41) is 0. The monoisotopic (exact) mass is 343 g/mol. The quantitative estimate of drug-likeness (QED) is 0.516. The van der Waals surface area contributed by atoms with Crippen molar-refractivity contribution in [1.29, 1.82) is 0 Å². The molecule has 1 aromatic rings. The highest BCUT2D eigenvalue weighted by molar-refractivity contribution is 14.1. The SMILES string of the molecule is COC(=O)Cc1cc(C(F)F)c(I)[nH]c1=O. The smallest absolute Gasteiger partial charge is 0.310 e. The third-order valence-electron chi connectivity index (χ3n) is 1.90. The second-order valence-electron chi connectivity index (χ2n) is 2.95. The lowest BCUT2D eigenvalue weighted by atomic mass is 10.1. The number of hydrogen-bond acceptors (Lipinski definition) is 3. The largest absolute Gasteiger partial charge is 0.469 e. The molecule has 1 N–H and O–H groups in total. The fourth-order valence-electron chi connectivity index (χ4n) is 1.09. The highest BCUT2D eigenvalue weighted by atomic mass is 127. The number of nitrogens with one attached hydrogen (secondary N) is 1. The van der Waals surface area contributed by atoms with Gasteiger partial charge in [-0.05, 0) is 28.7 Å². The van der Waals surface area contributed by atoms with Crippen molar-refractivity contribution in [3.8, 4) is 0 Å². The van der Waals surface area contributed by atoms with Gasteiger partial charge in [-0.15, -0.1) is 0 Å². The molecule has 0 aliphatic rings. The van der Waals surface area contributed by atoms with Crippen molar-refractivity contribution in [2.24, 2.45) is 0 Å². The van der Waals surface area contributed by atoms with E-state index in [9.17, 15) is 18.4 Å². The zero-order chi connectivity index (χ0) is 12.3. The van der Waals surface area contributed by atoms with Crippen molar-refractivity contribution in [3.63, 3.8) is 0 Å². The Bertz CT molecular complexity index is 459. The van der Waals surface area contributed by atoms with Gasteiger partial charge in [0.25, 0.3) is 12.0 Å². The van der Waals surface area contributed by atoms with E-state index in [1.54, 1.807) is 22.6 Å². The predicted octanol–water partition coefficient (Wildman–Crippen LogP) is 1.63. The second kappa shape index (κ2) is 5.37. The molecule has 1 rings (SSSR count). The van der Waals surface area contributed by atoms with Crippen molar-refractivity contribution >= 4 is 28.6 Å². The molecule has 88 valence electrons. The Hall–Kier alpha value is -0.990. The molecule has 16 heavy (non-hydrogen) atoms. The van der Waals surface area contributed by atoms with Gasteiger partial charge in [0.15, 0.2) is 0 Å². The normalized spacial score (nSPS) is 10.6. The van der Waals surface area contributed by atoms with E-state index in [0.717, 1.165) is 13.2 Å². The van der Waals surface area contributed by atoms with E-state index in [4.69, 9.17) is 0 Å². The van der Waals surface area contributed by atoms with Gasteiger partial charge in [0.2, 0.25) is 0 Å². The molecular weight excluding hydrogens is 335 g/mol. The number of aromatic nitrogens is 1. The van der Waals surface area contributed by atoms with Gasteiger partial charge in [-0.3, -0.25) is 9.59 Å². The van der Waals surface area contributed by atoms with E-state index in [1.165, 1.54) is 0 Å². The topological polar surface area (TPSA) is 59.2 Å². The summed E-state index contributed by atoms with van der Waals surface area (Å²) in [5.41, 5.74) is -0.874. The maximum Gasteiger partial charge on any atom is 0.310 e. The number of pyridine rings is 1. The first-order valence-corrected chi connectivity index (χ1v) is 5.30. The summed E-state index contributed by atoms with van der Waals surface area (Å²) in [6, 6.07) is 1.03. The molecule has 0 aliphatic heterocycles. The van der Waals surface area contributed by atoms with Crippen LogP contribution in [0.1, 0.15) is 17.6 Å². The van der Waals surface area contributed by atoms with Gasteiger partial charge in [0.1, 0.15) is 0 Å². The summed E-state index contributed by atoms with van der Waals surface area (Å²) in [4.78, 5) is 24.5. The third-order valence-corrected chi connectivity index (χ3v) is 2.79. The second-order valence-corrected chi connectivity index (χ2v) is 4.03. The predicted molar refractivity (Wildman–Crippen MR) is 60.5 cm³/mol. The number of ether oxygens (including phenoxy) is 1. The van der Waals surface area contributed by atoms with Crippen LogP contribution >= 0.6 is 22.6 Å². The highest BCUT2D eigenvalue weighted by Gasteiger charge is 2.16. The minimum atomic E-state index is -2.69. The summed E-state index contributed by atoms with van der Waals surface area (Å²) < 4.78 is 29.5. The lowest BCUT2D eigenvalue weighted by Crippen LogP contribution is -2.19. The van der Waals surface area contributed by atoms with Gasteiger partial charge < -0.3 is 9.72 Å². The van der Waals surface area contributed by atoms with E-state index >= 15 is 0 Å². The molecule has 0 spiro atoms. The molecule has 0 fully saturated rings. The van der Waals surface area contributed by atoms with E-state index in [1.807, 2.05) is 0 Å². The van der Waals surface area contributed by atoms with Crippen LogP contribution in [0.4, 0.5) is 8.78 Å². The van der Waals surface area contributed by atoms with Crippen molar-refractivity contribution in [1.82, 2.24) is 4.98 Å². The molecular formula is C9H8F2INO3. The van der Waals surface area contributed by atoms with Gasteiger partial charge >= 0.3 is 5.97 Å². The van der Waals surface area contributed by atoms with E-state index in [-0.39, 0.29) is 21.2 Å². The van der Waals surface area contributed by atoms with Crippen molar-refractivity contribution < 1.29 is 18.3 Å². The molecule has 7 heteroatoms. The van der Waals surface area contributed by atoms with Crippen LogP contribution in [0.5, 0.6) is 0 Å². The maximum absolute atomic E-state index is 12.5. The summed E-state index contributed by atoms with van der Waals surface area (Å²) in [6.07, 6.45) is -3.01. The molecule has 0 saturated carbocycles. The van der Waals surface area contributed by atoms with E-state index < -0.39 is 18.0 Å². The zero-order valence-corrected chi connectivity index (χ0v) is 10.4. The standard InChI is InChI=1S/C9H8F2INO3/c1-16-6(14)3-4-2-5(7(10)11)8(12)13-9(4)15/h2,7H,3H2,1H3,(H,13,15). The van der Waals surface area contributed by atoms with Crippen LogP contribution in [0.3, 0.4) is 0 Å². The Labute approximate surface area is 103 Å². The summed E-state index contributed by atoms with van der Waals surface area (Å²) in [7, 11) is 1.16. The van der Waals surface area contributed by atoms with Crippen molar-refractivity contribution in [3.05, 3.63) is 31.2 Å². The lowest BCUT2D eigenvalue weighted by Gasteiger charge is -2.05. The summed E-state index contributed by atoms with van der Waals surface area (Å²) in [5.74, 6) is -0.646. The van der Waals surface area contributed by atoms with Crippen molar-refractivity contribution in [2.45, 2.75) is 12.8 Å². The first-order valence-electron chi connectivity index (χ1n) is 4.22. The van der Waals surface area contributed by atoms with Crippen LogP contribution in [-0.4, -0.2) is 18.1 Å². The number of carbonyl (C=O) groups is 1. The van der Waals surface area contributed by atoms with Gasteiger partial charge in [-0.25, -0.2) is 8.78 Å². The summed E-state index contributed by atoms with van der Waals surface area (Å²) in [6.45, 7) is 0. The molecule has 1 heterocycles. The van der Waals surface area contributed by atoms with E-state index in [2.05, 4.69) is 9.72 Å².